The van der Waals surface area contributed by atoms with Gasteiger partial charge < -0.3 is 4.52 Å². The number of aromatic nitrogens is 2. The molecule has 1 fully saturated rings. The number of nitrogens with zero attached hydrogens (tertiary/aromatic N) is 3. The molecule has 0 aliphatic heterocycles. The molecule has 96 valence electrons. The highest BCUT2D eigenvalue weighted by atomic mass is 79.9. The van der Waals surface area contributed by atoms with E-state index < -0.39 is 0 Å². The molecule has 6 heteroatoms. The highest BCUT2D eigenvalue weighted by molar-refractivity contribution is 9.11. The van der Waals surface area contributed by atoms with E-state index in [-0.39, 0.29) is 5.41 Å². The first-order valence-electron chi connectivity index (χ1n) is 5.81. The van der Waals surface area contributed by atoms with Gasteiger partial charge in [-0.15, -0.1) is 0 Å². The first-order chi connectivity index (χ1) is 9.10. The number of benzene rings is 1. The summed E-state index contributed by atoms with van der Waals surface area (Å²) >= 11 is 6.86. The summed E-state index contributed by atoms with van der Waals surface area (Å²) in [5.74, 6) is 1.08. The van der Waals surface area contributed by atoms with Crippen LogP contribution >= 0.6 is 31.9 Å². The van der Waals surface area contributed by atoms with Crippen LogP contribution in [0.5, 0.6) is 0 Å². The summed E-state index contributed by atoms with van der Waals surface area (Å²) in [7, 11) is 0. The zero-order valence-electron chi connectivity index (χ0n) is 9.86. The van der Waals surface area contributed by atoms with E-state index in [1.54, 1.807) is 0 Å². The van der Waals surface area contributed by atoms with Crippen LogP contribution in [0.2, 0.25) is 0 Å². The van der Waals surface area contributed by atoms with Crippen LogP contribution in [0.1, 0.15) is 18.7 Å². The van der Waals surface area contributed by atoms with Gasteiger partial charge in [0.15, 0.2) is 0 Å². The van der Waals surface area contributed by atoms with Crippen molar-refractivity contribution < 1.29 is 4.52 Å². The van der Waals surface area contributed by atoms with E-state index in [2.05, 4.69) is 48.1 Å². The lowest BCUT2D eigenvalue weighted by Crippen LogP contribution is -2.01. The first kappa shape index (κ1) is 12.8. The highest BCUT2D eigenvalue weighted by Crippen LogP contribution is 2.47. The van der Waals surface area contributed by atoms with E-state index in [9.17, 15) is 0 Å². The number of hydrogen-bond donors (Lipinski definition) is 0. The molecule has 19 heavy (non-hydrogen) atoms. The van der Waals surface area contributed by atoms with Crippen molar-refractivity contribution in [1.82, 2.24) is 10.1 Å². The van der Waals surface area contributed by atoms with Gasteiger partial charge >= 0.3 is 0 Å². The predicted molar refractivity (Wildman–Crippen MR) is 76.1 cm³/mol. The third kappa shape index (κ3) is 2.72. The van der Waals surface area contributed by atoms with Crippen LogP contribution in [0.15, 0.2) is 31.7 Å². The summed E-state index contributed by atoms with van der Waals surface area (Å²) in [6, 6.07) is 8.12. The Morgan fingerprint density at radius 3 is 2.53 bits per heavy atom. The Bertz CT molecular complexity index is 651. The van der Waals surface area contributed by atoms with E-state index in [0.29, 0.717) is 18.1 Å². The third-order valence-corrected chi connectivity index (χ3v) is 4.08. The van der Waals surface area contributed by atoms with Gasteiger partial charge in [-0.2, -0.15) is 10.2 Å². The van der Waals surface area contributed by atoms with Crippen molar-refractivity contribution in [2.24, 2.45) is 5.41 Å². The summed E-state index contributed by atoms with van der Waals surface area (Å²) in [5, 5.41) is 13.0. The fourth-order valence-electron chi connectivity index (χ4n) is 1.90. The Morgan fingerprint density at radius 2 is 1.95 bits per heavy atom. The Labute approximate surface area is 127 Å². The quantitative estimate of drug-likeness (QED) is 0.801. The molecule has 0 N–H and O–H groups in total. The van der Waals surface area contributed by atoms with E-state index in [1.807, 2.05) is 18.2 Å². The predicted octanol–water partition coefficient (Wildman–Crippen LogP) is 4.11. The number of rotatable bonds is 3. The number of halogens is 2. The molecule has 0 unspecified atom stereocenters. The van der Waals surface area contributed by atoms with Gasteiger partial charge in [0.2, 0.25) is 11.7 Å². The molecule has 1 aliphatic carbocycles. The molecule has 4 nitrogen and oxygen atoms in total. The normalized spacial score (nSPS) is 16.1. The molecule has 0 radical (unpaired) electrons. The van der Waals surface area contributed by atoms with E-state index in [4.69, 9.17) is 9.78 Å². The topological polar surface area (TPSA) is 62.7 Å². The molecule has 1 aliphatic rings. The smallest absolute Gasteiger partial charge is 0.228 e. The molecule has 0 spiro atoms. The Hall–Kier alpha value is -1.19. The van der Waals surface area contributed by atoms with Crippen LogP contribution in [-0.4, -0.2) is 10.1 Å². The first-order valence-corrected chi connectivity index (χ1v) is 7.39. The van der Waals surface area contributed by atoms with Crippen LogP contribution < -0.4 is 0 Å². The molecule has 1 heterocycles. The minimum Gasteiger partial charge on any atom is -0.339 e. The van der Waals surface area contributed by atoms with Crippen molar-refractivity contribution in [2.45, 2.75) is 19.3 Å². The van der Waals surface area contributed by atoms with Gasteiger partial charge in [-0.3, -0.25) is 0 Å². The fraction of sp³-hybridized carbons (Fsp3) is 0.308. The van der Waals surface area contributed by atoms with Crippen molar-refractivity contribution in [1.29, 1.82) is 5.26 Å². The van der Waals surface area contributed by atoms with Gasteiger partial charge in [-0.1, -0.05) is 37.0 Å². The van der Waals surface area contributed by atoms with Gasteiger partial charge in [-0.25, -0.2) is 0 Å². The summed E-state index contributed by atoms with van der Waals surface area (Å²) in [6.07, 6.45) is 2.39. The molecule has 0 saturated heterocycles. The molecular weight excluding hydrogens is 374 g/mol. The van der Waals surface area contributed by atoms with Crippen molar-refractivity contribution in [3.63, 3.8) is 0 Å². The zero-order chi connectivity index (χ0) is 13.5. The van der Waals surface area contributed by atoms with Gasteiger partial charge in [0, 0.05) is 20.9 Å². The number of hydrogen-bond acceptors (Lipinski definition) is 4. The zero-order valence-corrected chi connectivity index (χ0v) is 13.0. The summed E-state index contributed by atoms with van der Waals surface area (Å²) < 4.78 is 7.12. The standard InChI is InChI=1S/C13H9Br2N3O/c14-9-3-8(4-10(15)5-9)12-17-11(19-18-12)6-13(7-16)1-2-13/h3-5H,1-2,6H2. The van der Waals surface area contributed by atoms with Crippen molar-refractivity contribution in [3.8, 4) is 17.5 Å². The highest BCUT2D eigenvalue weighted by Gasteiger charge is 2.44. The van der Waals surface area contributed by atoms with E-state index in [1.165, 1.54) is 0 Å². The molecule has 1 aromatic heterocycles. The molecule has 0 bridgehead atoms. The third-order valence-electron chi connectivity index (χ3n) is 3.17. The Balaban J connectivity index is 1.87. The monoisotopic (exact) mass is 381 g/mol. The van der Waals surface area contributed by atoms with Crippen molar-refractivity contribution in [2.75, 3.05) is 0 Å². The van der Waals surface area contributed by atoms with Gasteiger partial charge in [0.1, 0.15) is 0 Å². The average molecular weight is 383 g/mol. The SMILES string of the molecule is N#CC1(Cc2nc(-c3cc(Br)cc(Br)c3)no2)CC1. The lowest BCUT2D eigenvalue weighted by Gasteiger charge is -1.99. The second-order valence-electron chi connectivity index (χ2n) is 4.74. The lowest BCUT2D eigenvalue weighted by atomic mass is 10.1. The van der Waals surface area contributed by atoms with Gasteiger partial charge in [0.05, 0.1) is 11.5 Å². The van der Waals surface area contributed by atoms with Crippen LogP contribution in [-0.2, 0) is 6.42 Å². The molecule has 1 saturated carbocycles. The maximum atomic E-state index is 9.06. The lowest BCUT2D eigenvalue weighted by molar-refractivity contribution is 0.363. The fourth-order valence-corrected chi connectivity index (χ4v) is 3.19. The summed E-state index contributed by atoms with van der Waals surface area (Å²) in [4.78, 5) is 4.37. The van der Waals surface area contributed by atoms with E-state index >= 15 is 0 Å². The number of nitriles is 1. The second-order valence-corrected chi connectivity index (χ2v) is 6.57. The molecular formula is C13H9Br2N3O. The second kappa shape index (κ2) is 4.73. The van der Waals surface area contributed by atoms with E-state index in [0.717, 1.165) is 27.4 Å². The molecule has 1 aromatic carbocycles. The maximum Gasteiger partial charge on any atom is 0.228 e. The largest absolute Gasteiger partial charge is 0.339 e. The van der Waals surface area contributed by atoms with Gasteiger partial charge in [-0.05, 0) is 31.0 Å². The van der Waals surface area contributed by atoms with Gasteiger partial charge in [0.25, 0.3) is 0 Å². The van der Waals surface area contributed by atoms with Crippen LogP contribution in [0.4, 0.5) is 0 Å². The minimum atomic E-state index is -0.262. The minimum absolute atomic E-state index is 0.262. The molecule has 3 rings (SSSR count). The molecule has 2 aromatic rings. The Kier molecular flexibility index (Phi) is 3.19. The average Bonchev–Trinajstić information content (AvgIpc) is 2.97. The van der Waals surface area contributed by atoms with Crippen LogP contribution in [0.3, 0.4) is 0 Å². The van der Waals surface area contributed by atoms with Crippen molar-refractivity contribution >= 4 is 31.9 Å². The van der Waals surface area contributed by atoms with Crippen molar-refractivity contribution in [3.05, 3.63) is 33.0 Å². The molecule has 0 atom stereocenters. The summed E-state index contributed by atoms with van der Waals surface area (Å²) in [5.41, 5.74) is 0.611. The summed E-state index contributed by atoms with van der Waals surface area (Å²) in [6.45, 7) is 0. The van der Waals surface area contributed by atoms with Crippen LogP contribution in [0, 0.1) is 16.7 Å². The van der Waals surface area contributed by atoms with Crippen LogP contribution in [0.25, 0.3) is 11.4 Å². The Morgan fingerprint density at radius 1 is 1.26 bits per heavy atom. The maximum absolute atomic E-state index is 9.06. The molecule has 0 amide bonds.